The summed E-state index contributed by atoms with van der Waals surface area (Å²) < 4.78 is 4.99. The summed E-state index contributed by atoms with van der Waals surface area (Å²) in [5.74, 6) is 0.656. The molecule has 0 atom stereocenters. The van der Waals surface area contributed by atoms with Gasteiger partial charge in [-0.3, -0.25) is 0 Å². The van der Waals surface area contributed by atoms with Gasteiger partial charge in [0.1, 0.15) is 12.0 Å². The molecule has 0 fully saturated rings. The van der Waals surface area contributed by atoms with E-state index in [0.717, 1.165) is 0 Å². The number of methoxy groups -OCH3 is 1. The second kappa shape index (κ2) is 5.64. The van der Waals surface area contributed by atoms with Crippen LogP contribution < -0.4 is 15.4 Å². The fourth-order valence-electron chi connectivity index (χ4n) is 1.01. The molecule has 15 heavy (non-hydrogen) atoms. The number of hydrogen-bond acceptors (Lipinski definition) is 3. The second-order valence-corrected chi connectivity index (χ2v) is 2.73. The SMILES string of the molecule is COc1cccc(NC(=O)NCC=O)c1. The zero-order valence-corrected chi connectivity index (χ0v) is 8.32. The van der Waals surface area contributed by atoms with Crippen LogP contribution in [0.2, 0.25) is 0 Å². The molecule has 5 heteroatoms. The highest BCUT2D eigenvalue weighted by molar-refractivity contribution is 5.90. The Hall–Kier alpha value is -2.04. The number of ether oxygens (including phenoxy) is 1. The Bertz CT molecular complexity index is 352. The maximum Gasteiger partial charge on any atom is 0.319 e. The molecule has 0 spiro atoms. The van der Waals surface area contributed by atoms with Crippen LogP contribution in [0.25, 0.3) is 0 Å². The number of urea groups is 1. The van der Waals surface area contributed by atoms with Crippen molar-refractivity contribution in [3.63, 3.8) is 0 Å². The smallest absolute Gasteiger partial charge is 0.319 e. The molecule has 0 saturated heterocycles. The van der Waals surface area contributed by atoms with E-state index < -0.39 is 6.03 Å². The summed E-state index contributed by atoms with van der Waals surface area (Å²) in [4.78, 5) is 21.1. The van der Waals surface area contributed by atoms with Crippen molar-refractivity contribution < 1.29 is 14.3 Å². The molecule has 0 aliphatic rings. The number of anilines is 1. The van der Waals surface area contributed by atoms with Crippen LogP contribution in [0.4, 0.5) is 10.5 Å². The van der Waals surface area contributed by atoms with Crippen molar-refractivity contribution >= 4 is 18.0 Å². The van der Waals surface area contributed by atoms with Crippen LogP contribution in [0.1, 0.15) is 0 Å². The largest absolute Gasteiger partial charge is 0.497 e. The Labute approximate surface area is 87.4 Å². The van der Waals surface area contributed by atoms with E-state index in [1.165, 1.54) is 0 Å². The molecule has 0 heterocycles. The maximum atomic E-state index is 11.1. The molecule has 0 bridgehead atoms. The molecule has 5 nitrogen and oxygen atoms in total. The highest BCUT2D eigenvalue weighted by Crippen LogP contribution is 2.16. The predicted octanol–water partition coefficient (Wildman–Crippen LogP) is 1.02. The van der Waals surface area contributed by atoms with E-state index in [4.69, 9.17) is 4.74 Å². The third-order valence-electron chi connectivity index (χ3n) is 1.67. The molecular formula is C10H12N2O3. The molecule has 0 aromatic heterocycles. The predicted molar refractivity (Wildman–Crippen MR) is 56.1 cm³/mol. The third kappa shape index (κ3) is 3.68. The van der Waals surface area contributed by atoms with Crippen LogP contribution in [0, 0.1) is 0 Å². The van der Waals surface area contributed by atoms with E-state index in [-0.39, 0.29) is 6.54 Å². The van der Waals surface area contributed by atoms with E-state index in [1.54, 1.807) is 31.4 Å². The first-order valence-electron chi connectivity index (χ1n) is 4.39. The monoisotopic (exact) mass is 208 g/mol. The van der Waals surface area contributed by atoms with Gasteiger partial charge in [-0.2, -0.15) is 0 Å². The standard InChI is InChI=1S/C10H12N2O3/c1-15-9-4-2-3-8(7-9)12-10(14)11-5-6-13/h2-4,6-7H,5H2,1H3,(H2,11,12,14). The average molecular weight is 208 g/mol. The van der Waals surface area contributed by atoms with Crippen molar-refractivity contribution in [3.8, 4) is 5.75 Å². The summed E-state index contributed by atoms with van der Waals surface area (Å²) in [6.07, 6.45) is 0.616. The van der Waals surface area contributed by atoms with Gasteiger partial charge in [-0.05, 0) is 12.1 Å². The first-order chi connectivity index (χ1) is 7.26. The van der Waals surface area contributed by atoms with Gasteiger partial charge in [0, 0.05) is 11.8 Å². The number of aldehydes is 1. The zero-order chi connectivity index (χ0) is 11.1. The van der Waals surface area contributed by atoms with Gasteiger partial charge in [-0.25, -0.2) is 4.79 Å². The van der Waals surface area contributed by atoms with E-state index in [2.05, 4.69) is 10.6 Å². The first kappa shape index (κ1) is 11.0. The lowest BCUT2D eigenvalue weighted by Crippen LogP contribution is -2.29. The number of carbonyl (C=O) groups excluding carboxylic acids is 2. The summed E-state index contributed by atoms with van der Waals surface area (Å²) in [5, 5.41) is 4.92. The fraction of sp³-hybridized carbons (Fsp3) is 0.200. The minimum absolute atomic E-state index is 0.00416. The van der Waals surface area contributed by atoms with Crippen molar-refractivity contribution in [1.29, 1.82) is 0 Å². The van der Waals surface area contributed by atoms with Gasteiger partial charge in [-0.1, -0.05) is 6.07 Å². The minimum atomic E-state index is -0.421. The Balaban J connectivity index is 2.55. The van der Waals surface area contributed by atoms with Crippen LogP contribution >= 0.6 is 0 Å². The van der Waals surface area contributed by atoms with E-state index >= 15 is 0 Å². The van der Waals surface area contributed by atoms with Crippen LogP contribution in [0.3, 0.4) is 0 Å². The quantitative estimate of drug-likeness (QED) is 0.726. The topological polar surface area (TPSA) is 67.4 Å². The molecule has 80 valence electrons. The lowest BCUT2D eigenvalue weighted by atomic mass is 10.3. The lowest BCUT2D eigenvalue weighted by molar-refractivity contribution is -0.107. The molecule has 0 saturated carbocycles. The number of hydrogen-bond donors (Lipinski definition) is 2. The lowest BCUT2D eigenvalue weighted by Gasteiger charge is -2.06. The number of amides is 2. The van der Waals surface area contributed by atoms with Crippen LogP contribution in [-0.2, 0) is 4.79 Å². The first-order valence-corrected chi connectivity index (χ1v) is 4.39. The molecule has 0 aliphatic heterocycles. The van der Waals surface area contributed by atoms with Crippen LogP contribution in [0.5, 0.6) is 5.75 Å². The zero-order valence-electron chi connectivity index (χ0n) is 8.32. The van der Waals surface area contributed by atoms with Gasteiger partial charge in [0.15, 0.2) is 0 Å². The van der Waals surface area contributed by atoms with Crippen molar-refractivity contribution in [1.82, 2.24) is 5.32 Å². The Morgan fingerprint density at radius 1 is 1.53 bits per heavy atom. The summed E-state index contributed by atoms with van der Waals surface area (Å²) >= 11 is 0. The summed E-state index contributed by atoms with van der Waals surface area (Å²) in [7, 11) is 1.55. The highest BCUT2D eigenvalue weighted by atomic mass is 16.5. The van der Waals surface area contributed by atoms with Gasteiger partial charge >= 0.3 is 6.03 Å². The number of rotatable bonds is 4. The van der Waals surface area contributed by atoms with Gasteiger partial charge in [0.25, 0.3) is 0 Å². The fourth-order valence-corrected chi connectivity index (χ4v) is 1.01. The molecule has 2 amide bonds. The van der Waals surface area contributed by atoms with Crippen molar-refractivity contribution in [2.75, 3.05) is 19.0 Å². The number of nitrogens with one attached hydrogen (secondary N) is 2. The highest BCUT2D eigenvalue weighted by Gasteiger charge is 2.00. The van der Waals surface area contributed by atoms with Crippen molar-refractivity contribution in [3.05, 3.63) is 24.3 Å². The van der Waals surface area contributed by atoms with Gasteiger partial charge in [-0.15, -0.1) is 0 Å². The van der Waals surface area contributed by atoms with Crippen molar-refractivity contribution in [2.24, 2.45) is 0 Å². The second-order valence-electron chi connectivity index (χ2n) is 2.73. The van der Waals surface area contributed by atoms with Crippen LogP contribution in [0.15, 0.2) is 24.3 Å². The average Bonchev–Trinajstić information content (AvgIpc) is 2.26. The maximum absolute atomic E-state index is 11.1. The molecule has 1 rings (SSSR count). The molecule has 2 N–H and O–H groups in total. The molecule has 0 unspecified atom stereocenters. The van der Waals surface area contributed by atoms with Gasteiger partial charge in [0.05, 0.1) is 13.7 Å². The van der Waals surface area contributed by atoms with Crippen LogP contribution in [-0.4, -0.2) is 26.0 Å². The van der Waals surface area contributed by atoms with Gasteiger partial charge < -0.3 is 20.2 Å². The van der Waals surface area contributed by atoms with E-state index in [1.807, 2.05) is 0 Å². The number of carbonyl (C=O) groups is 2. The van der Waals surface area contributed by atoms with E-state index in [0.29, 0.717) is 17.7 Å². The van der Waals surface area contributed by atoms with Gasteiger partial charge in [0.2, 0.25) is 0 Å². The Morgan fingerprint density at radius 2 is 2.33 bits per heavy atom. The molecule has 1 aromatic carbocycles. The third-order valence-corrected chi connectivity index (χ3v) is 1.67. The van der Waals surface area contributed by atoms with Crippen molar-refractivity contribution in [2.45, 2.75) is 0 Å². The molecule has 0 aliphatic carbocycles. The molecular weight excluding hydrogens is 196 g/mol. The Kier molecular flexibility index (Phi) is 4.15. The summed E-state index contributed by atoms with van der Waals surface area (Å²) in [6, 6.07) is 6.52. The molecule has 1 aromatic rings. The number of benzene rings is 1. The summed E-state index contributed by atoms with van der Waals surface area (Å²) in [5.41, 5.74) is 0.609. The summed E-state index contributed by atoms with van der Waals surface area (Å²) in [6.45, 7) is -0.00416. The Morgan fingerprint density at radius 3 is 3.00 bits per heavy atom. The normalized spacial score (nSPS) is 9.13. The van der Waals surface area contributed by atoms with E-state index in [9.17, 15) is 9.59 Å². The molecule has 0 radical (unpaired) electrons. The minimum Gasteiger partial charge on any atom is -0.497 e.